The van der Waals surface area contributed by atoms with Crippen LogP contribution in [0.5, 0.6) is 0 Å². The van der Waals surface area contributed by atoms with Gasteiger partial charge in [0.2, 0.25) is 0 Å². The van der Waals surface area contributed by atoms with Gasteiger partial charge in [-0.3, -0.25) is 4.79 Å². The minimum Gasteiger partial charge on any atom is -0.381 e. The van der Waals surface area contributed by atoms with E-state index in [1.165, 1.54) is 18.7 Å². The normalized spacial score (nSPS) is 11.3. The molecular weight excluding hydrogens is 130 g/mol. The van der Waals surface area contributed by atoms with Crippen LogP contribution in [0.3, 0.4) is 0 Å². The summed E-state index contributed by atoms with van der Waals surface area (Å²) in [4.78, 5) is 12.6. The van der Waals surface area contributed by atoms with Crippen LogP contribution in [0.25, 0.3) is 0 Å². The molecule has 0 bridgehead atoms. The highest BCUT2D eigenvalue weighted by atomic mass is 16.3. The molecule has 0 aliphatic rings. The fourth-order valence-corrected chi connectivity index (χ4v) is 0.611. The summed E-state index contributed by atoms with van der Waals surface area (Å²) < 4.78 is 0. The van der Waals surface area contributed by atoms with Gasteiger partial charge >= 0.3 is 0 Å². The molecule has 0 saturated heterocycles. The maximum absolute atomic E-state index is 11.1. The first kappa shape index (κ1) is 9.43. The van der Waals surface area contributed by atoms with Crippen molar-refractivity contribution >= 4 is 5.91 Å². The van der Waals surface area contributed by atoms with Crippen molar-refractivity contribution in [1.82, 2.24) is 4.90 Å². The van der Waals surface area contributed by atoms with Crippen molar-refractivity contribution in [3.63, 3.8) is 0 Å². The molecule has 0 atom stereocenters. The average Bonchev–Trinajstić information content (AvgIpc) is 1.83. The van der Waals surface area contributed by atoms with Crippen LogP contribution in [0.1, 0.15) is 20.8 Å². The number of amides is 1. The van der Waals surface area contributed by atoms with Gasteiger partial charge in [-0.2, -0.15) is 0 Å². The van der Waals surface area contributed by atoms with E-state index in [9.17, 15) is 9.90 Å². The molecule has 60 valence electrons. The van der Waals surface area contributed by atoms with Gasteiger partial charge in [0, 0.05) is 13.6 Å². The van der Waals surface area contributed by atoms with Crippen molar-refractivity contribution in [3.8, 4) is 0 Å². The van der Waals surface area contributed by atoms with E-state index in [0.29, 0.717) is 6.54 Å². The van der Waals surface area contributed by atoms with E-state index in [1.54, 1.807) is 7.05 Å². The zero-order chi connectivity index (χ0) is 8.36. The molecule has 1 amide bonds. The van der Waals surface area contributed by atoms with E-state index < -0.39 is 5.60 Å². The van der Waals surface area contributed by atoms with Gasteiger partial charge < -0.3 is 10.0 Å². The molecule has 0 unspecified atom stereocenters. The molecule has 3 heteroatoms. The number of carbonyl (C=O) groups is 1. The lowest BCUT2D eigenvalue weighted by atomic mass is 10.1. The number of rotatable bonds is 2. The largest absolute Gasteiger partial charge is 0.381 e. The second-order valence-electron chi connectivity index (χ2n) is 2.88. The molecular formula is C7H15NO2. The Morgan fingerprint density at radius 1 is 1.60 bits per heavy atom. The minimum atomic E-state index is -1.23. The summed E-state index contributed by atoms with van der Waals surface area (Å²) in [6.07, 6.45) is 0. The maximum Gasteiger partial charge on any atom is 0.253 e. The first-order valence-corrected chi connectivity index (χ1v) is 3.37. The Morgan fingerprint density at radius 3 is 2.10 bits per heavy atom. The molecule has 0 aliphatic heterocycles. The Kier molecular flexibility index (Phi) is 2.84. The highest BCUT2D eigenvalue weighted by Gasteiger charge is 2.25. The van der Waals surface area contributed by atoms with Crippen LogP contribution < -0.4 is 0 Å². The second kappa shape index (κ2) is 3.01. The SMILES string of the molecule is CCN(C)C(=O)C(C)(C)O. The van der Waals surface area contributed by atoms with Crippen molar-refractivity contribution in [3.05, 3.63) is 0 Å². The lowest BCUT2D eigenvalue weighted by Gasteiger charge is -2.23. The predicted molar refractivity (Wildman–Crippen MR) is 39.6 cm³/mol. The van der Waals surface area contributed by atoms with Crippen molar-refractivity contribution in [2.24, 2.45) is 0 Å². The maximum atomic E-state index is 11.1. The Hall–Kier alpha value is -0.570. The lowest BCUT2D eigenvalue weighted by Crippen LogP contribution is -2.42. The molecule has 0 rings (SSSR count). The third-order valence-corrected chi connectivity index (χ3v) is 1.34. The molecule has 10 heavy (non-hydrogen) atoms. The zero-order valence-corrected chi connectivity index (χ0v) is 7.01. The van der Waals surface area contributed by atoms with E-state index >= 15 is 0 Å². The van der Waals surface area contributed by atoms with Crippen LogP contribution in [0.15, 0.2) is 0 Å². The Morgan fingerprint density at radius 2 is 2.00 bits per heavy atom. The summed E-state index contributed by atoms with van der Waals surface area (Å²) in [5.74, 6) is -0.241. The highest BCUT2D eigenvalue weighted by molar-refractivity contribution is 5.83. The molecule has 0 aromatic carbocycles. The van der Waals surface area contributed by atoms with Gasteiger partial charge in [0.05, 0.1) is 0 Å². The Labute approximate surface area is 61.6 Å². The fourth-order valence-electron chi connectivity index (χ4n) is 0.611. The summed E-state index contributed by atoms with van der Waals surface area (Å²) in [7, 11) is 1.67. The van der Waals surface area contributed by atoms with Gasteiger partial charge in [-0.05, 0) is 20.8 Å². The van der Waals surface area contributed by atoms with Gasteiger partial charge in [0.15, 0.2) is 0 Å². The smallest absolute Gasteiger partial charge is 0.253 e. The summed E-state index contributed by atoms with van der Waals surface area (Å²) in [5, 5.41) is 9.20. The van der Waals surface area contributed by atoms with Crippen LogP contribution in [0, 0.1) is 0 Å². The van der Waals surface area contributed by atoms with Crippen molar-refractivity contribution in [1.29, 1.82) is 0 Å². The number of carbonyl (C=O) groups excluding carboxylic acids is 1. The summed E-state index contributed by atoms with van der Waals surface area (Å²) in [6, 6.07) is 0. The van der Waals surface area contributed by atoms with Gasteiger partial charge in [-0.15, -0.1) is 0 Å². The number of likely N-dealkylation sites (N-methyl/N-ethyl adjacent to an activating group) is 1. The Bertz CT molecular complexity index is 126. The predicted octanol–water partition coefficient (Wildman–Crippen LogP) is 0.236. The van der Waals surface area contributed by atoms with Crippen LogP contribution in [0.4, 0.5) is 0 Å². The van der Waals surface area contributed by atoms with Crippen LogP contribution in [0.2, 0.25) is 0 Å². The molecule has 0 heterocycles. The van der Waals surface area contributed by atoms with Crippen LogP contribution >= 0.6 is 0 Å². The summed E-state index contributed by atoms with van der Waals surface area (Å²) in [6.45, 7) is 5.47. The van der Waals surface area contributed by atoms with Crippen molar-refractivity contribution < 1.29 is 9.90 Å². The van der Waals surface area contributed by atoms with E-state index in [-0.39, 0.29) is 5.91 Å². The van der Waals surface area contributed by atoms with Crippen LogP contribution in [-0.4, -0.2) is 35.1 Å². The molecule has 0 spiro atoms. The third-order valence-electron chi connectivity index (χ3n) is 1.34. The van der Waals surface area contributed by atoms with Gasteiger partial charge in [-0.1, -0.05) is 0 Å². The first-order chi connectivity index (χ1) is 4.39. The molecule has 0 radical (unpaired) electrons. The summed E-state index contributed by atoms with van der Waals surface area (Å²) in [5.41, 5.74) is -1.23. The summed E-state index contributed by atoms with van der Waals surface area (Å²) >= 11 is 0. The quantitative estimate of drug-likeness (QED) is 0.604. The second-order valence-corrected chi connectivity index (χ2v) is 2.88. The van der Waals surface area contributed by atoms with E-state index in [4.69, 9.17) is 0 Å². The molecule has 0 fully saturated rings. The Balaban J connectivity index is 4.09. The topological polar surface area (TPSA) is 40.5 Å². The molecule has 0 aromatic heterocycles. The van der Waals surface area contributed by atoms with Gasteiger partial charge in [0.1, 0.15) is 5.60 Å². The van der Waals surface area contributed by atoms with Gasteiger partial charge in [-0.25, -0.2) is 0 Å². The van der Waals surface area contributed by atoms with Gasteiger partial charge in [0.25, 0.3) is 5.91 Å². The number of hydrogen-bond acceptors (Lipinski definition) is 2. The first-order valence-electron chi connectivity index (χ1n) is 3.37. The van der Waals surface area contributed by atoms with Crippen molar-refractivity contribution in [2.75, 3.05) is 13.6 Å². The van der Waals surface area contributed by atoms with Crippen molar-refractivity contribution in [2.45, 2.75) is 26.4 Å². The zero-order valence-electron chi connectivity index (χ0n) is 7.01. The lowest BCUT2D eigenvalue weighted by molar-refractivity contribution is -0.146. The minimum absolute atomic E-state index is 0.241. The third kappa shape index (κ3) is 2.35. The number of aliphatic hydroxyl groups is 1. The number of hydrogen-bond donors (Lipinski definition) is 1. The standard InChI is InChI=1S/C7H15NO2/c1-5-8(4)6(9)7(2,3)10/h10H,5H2,1-4H3. The van der Waals surface area contributed by atoms with E-state index in [0.717, 1.165) is 0 Å². The molecule has 0 saturated carbocycles. The molecule has 3 nitrogen and oxygen atoms in total. The average molecular weight is 145 g/mol. The number of nitrogens with zero attached hydrogens (tertiary/aromatic N) is 1. The van der Waals surface area contributed by atoms with E-state index in [2.05, 4.69) is 0 Å². The molecule has 1 N–H and O–H groups in total. The highest BCUT2D eigenvalue weighted by Crippen LogP contribution is 2.04. The molecule has 0 aromatic rings. The van der Waals surface area contributed by atoms with E-state index in [1.807, 2.05) is 6.92 Å². The monoisotopic (exact) mass is 145 g/mol. The van der Waals surface area contributed by atoms with Crippen LogP contribution in [-0.2, 0) is 4.79 Å². The molecule has 0 aliphatic carbocycles. The fraction of sp³-hybridized carbons (Fsp3) is 0.857.